The Labute approximate surface area is 43.5 Å². The molecule has 0 saturated heterocycles. The topological polar surface area (TPSA) is 90.1 Å². The van der Waals surface area contributed by atoms with Crippen molar-refractivity contribution < 1.29 is 9.26 Å². The van der Waals surface area contributed by atoms with Crippen LogP contribution in [0.25, 0.3) is 0 Å². The van der Waals surface area contributed by atoms with Crippen molar-refractivity contribution in [2.75, 3.05) is 5.84 Å². The molecule has 0 bridgehead atoms. The van der Waals surface area contributed by atoms with Gasteiger partial charge < -0.3 is 20.3 Å². The van der Waals surface area contributed by atoms with Crippen LogP contribution in [0, 0.1) is 5.21 Å². The van der Waals surface area contributed by atoms with Gasteiger partial charge in [-0.05, 0) is 5.08 Å². The molecule has 7 nitrogen and oxygen atoms in total. The van der Waals surface area contributed by atoms with Crippen LogP contribution in [0.15, 0.2) is 9.26 Å². The Morgan fingerprint density at radius 1 is 1.50 bits per heavy atom. The number of nitrogens with zero attached hydrogens (tertiary/aromatic N) is 3. The van der Waals surface area contributed by atoms with E-state index in [1.54, 1.807) is 0 Å². The fraction of sp³-hybridized carbons (Fsp3) is 1.00. The van der Waals surface area contributed by atoms with Crippen LogP contribution in [0.2, 0.25) is 0 Å². The maximum Gasteiger partial charge on any atom is 0.0518 e. The lowest BCUT2D eigenvalue weighted by Gasteiger charge is -1.92. The number of aromatic nitrogens is 3. The van der Waals surface area contributed by atoms with Crippen molar-refractivity contribution in [3.05, 3.63) is 5.21 Å². The fourth-order valence-electron chi connectivity index (χ4n) is 0.267. The highest BCUT2D eigenvalue weighted by atomic mass is 17.0. The number of aryl methyl sites for hydroxylation is 1. The molecule has 1 aromatic rings. The van der Waals surface area contributed by atoms with Crippen molar-refractivity contribution in [2.45, 2.75) is 0 Å². The third-order valence-electron chi connectivity index (χ3n) is 0.613. The van der Waals surface area contributed by atoms with Crippen LogP contribution in [0.5, 0.6) is 0 Å². The first-order chi connectivity index (χ1) is 3.70. The molecule has 2 N–H and O–H groups in total. The van der Waals surface area contributed by atoms with Crippen LogP contribution >= 0.6 is 0 Å². The summed E-state index contributed by atoms with van der Waals surface area (Å²) < 4.78 is 8.23. The van der Waals surface area contributed by atoms with Crippen LogP contribution in [0.4, 0.5) is 0 Å². The normalized spacial score (nSPS) is 9.62. The Morgan fingerprint density at radius 3 is 2.25 bits per heavy atom. The molecule has 0 atom stereocenters. The molecule has 1 heterocycles. The second-order valence-corrected chi connectivity index (χ2v) is 1.15. The molecule has 0 aliphatic carbocycles. The molecule has 48 valence electrons. The first kappa shape index (κ1) is 4.75. The maximum absolute atomic E-state index is 9.97. The Bertz CT molecular complexity index is 174. The lowest BCUT2D eigenvalue weighted by Crippen LogP contribution is -2.15. The lowest BCUT2D eigenvalue weighted by atomic mass is 11.5. The molecule has 7 heteroatoms. The van der Waals surface area contributed by atoms with Gasteiger partial charge >= 0.3 is 0 Å². The van der Waals surface area contributed by atoms with Crippen LogP contribution in [-0.4, -0.2) is 14.9 Å². The van der Waals surface area contributed by atoms with Gasteiger partial charge in [-0.1, -0.05) is 4.96 Å². The van der Waals surface area contributed by atoms with Gasteiger partial charge in [0, 0.05) is 0 Å². The highest BCUT2D eigenvalue weighted by molar-refractivity contribution is 4.18. The van der Waals surface area contributed by atoms with Crippen LogP contribution in [0.3, 0.4) is 0 Å². The predicted molar refractivity (Wildman–Crippen MR) is 22.5 cm³/mol. The summed E-state index contributed by atoms with van der Waals surface area (Å²) in [5.41, 5.74) is 0. The minimum atomic E-state index is -0.125. The molecule has 8 heavy (non-hydrogen) atoms. The van der Waals surface area contributed by atoms with E-state index < -0.39 is 0 Å². The van der Waals surface area contributed by atoms with E-state index in [9.17, 15) is 5.21 Å². The van der Waals surface area contributed by atoms with Crippen LogP contribution < -0.4 is 5.84 Å². The SMILES string of the molecule is Cn1on([O-])on1N. The molecule has 0 fully saturated rings. The first-order valence-electron chi connectivity index (χ1n) is 1.82. The van der Waals surface area contributed by atoms with E-state index in [2.05, 4.69) is 9.26 Å². The second-order valence-electron chi connectivity index (χ2n) is 1.15. The average Bonchev–Trinajstić information content (AvgIpc) is 1.85. The molecular weight excluding hydrogens is 116 g/mol. The van der Waals surface area contributed by atoms with Gasteiger partial charge in [0.25, 0.3) is 0 Å². The monoisotopic (exact) mass is 121 g/mol. The zero-order chi connectivity index (χ0) is 6.15. The Morgan fingerprint density at radius 2 is 2.12 bits per heavy atom. The Hall–Kier alpha value is -1.40. The summed E-state index contributed by atoms with van der Waals surface area (Å²) in [6.45, 7) is 0. The van der Waals surface area contributed by atoms with Crippen LogP contribution in [-0.2, 0) is 7.05 Å². The highest BCUT2D eigenvalue weighted by Crippen LogP contribution is 1.80. The molecule has 0 radical (unpaired) electrons. The quantitative estimate of drug-likeness (QED) is 0.445. The molecule has 0 aliphatic rings. The van der Waals surface area contributed by atoms with Gasteiger partial charge in [0.15, 0.2) is 0 Å². The van der Waals surface area contributed by atoms with E-state index in [0.29, 0.717) is 4.96 Å². The van der Waals surface area contributed by atoms with Gasteiger partial charge in [0.1, 0.15) is 0 Å². The lowest BCUT2D eigenvalue weighted by molar-refractivity contribution is 0.0834. The number of rotatable bonds is 0. The fourth-order valence-corrected chi connectivity index (χ4v) is 0.267. The predicted octanol–water partition coefficient (Wildman–Crippen LogP) is -1.00. The van der Waals surface area contributed by atoms with E-state index in [-0.39, 0.29) is 5.08 Å². The summed E-state index contributed by atoms with van der Waals surface area (Å²) in [7, 11) is 1.41. The zero-order valence-electron chi connectivity index (χ0n) is 4.14. The third kappa shape index (κ3) is 0.531. The van der Waals surface area contributed by atoms with Crippen molar-refractivity contribution in [1.82, 2.24) is 14.9 Å². The summed E-state index contributed by atoms with van der Waals surface area (Å²) in [6, 6.07) is 0. The smallest absolute Gasteiger partial charge is 0.0518 e. The molecule has 0 spiro atoms. The number of nitrogens with two attached hydrogens (primary N) is 1. The van der Waals surface area contributed by atoms with Crippen molar-refractivity contribution in [3.8, 4) is 0 Å². The van der Waals surface area contributed by atoms with Gasteiger partial charge in [-0.2, -0.15) is 4.85 Å². The summed E-state index contributed by atoms with van der Waals surface area (Å²) in [5.74, 6) is 4.94. The Kier molecular flexibility index (Phi) is 0.764. The van der Waals surface area contributed by atoms with Crippen molar-refractivity contribution >= 4 is 0 Å². The molecule has 0 aromatic carbocycles. The van der Waals surface area contributed by atoms with E-state index in [1.165, 1.54) is 7.05 Å². The van der Waals surface area contributed by atoms with Gasteiger partial charge in [0.2, 0.25) is 0 Å². The average molecular weight is 121 g/mol. The van der Waals surface area contributed by atoms with Crippen molar-refractivity contribution in [2.24, 2.45) is 7.05 Å². The second kappa shape index (κ2) is 1.29. The molecule has 0 aliphatic heterocycles. The minimum Gasteiger partial charge on any atom is -0.346 e. The standard InChI is InChI=1S/CH5N4O3/c1-3-4(2)8-5(6)7-3/h2H2,1H3/q-1. The van der Waals surface area contributed by atoms with E-state index in [4.69, 9.17) is 5.84 Å². The summed E-state index contributed by atoms with van der Waals surface area (Å²) >= 11 is 0. The largest absolute Gasteiger partial charge is 0.346 e. The molecule has 0 amide bonds. The summed E-state index contributed by atoms with van der Waals surface area (Å²) in [6.07, 6.45) is 0. The van der Waals surface area contributed by atoms with Crippen molar-refractivity contribution in [3.63, 3.8) is 0 Å². The van der Waals surface area contributed by atoms with E-state index in [0.717, 1.165) is 4.85 Å². The third-order valence-corrected chi connectivity index (χ3v) is 0.613. The molecule has 0 unspecified atom stereocenters. The van der Waals surface area contributed by atoms with Gasteiger partial charge in [-0.3, -0.25) is 0 Å². The molecule has 1 rings (SSSR count). The Balaban J connectivity index is 3.14. The number of hydrogen-bond donors (Lipinski definition) is 1. The minimum absolute atomic E-state index is 0.125. The van der Waals surface area contributed by atoms with E-state index >= 15 is 0 Å². The zero-order valence-corrected chi connectivity index (χ0v) is 4.14. The summed E-state index contributed by atoms with van der Waals surface area (Å²) in [5, 5.41) is 9.85. The number of hydrogen-bond acceptors (Lipinski definition) is 4. The number of nitrogen functional groups attached to an aromatic ring is 1. The molecule has 0 saturated carbocycles. The van der Waals surface area contributed by atoms with E-state index in [1.807, 2.05) is 0 Å². The van der Waals surface area contributed by atoms with Gasteiger partial charge in [-0.15, -0.1) is 0 Å². The summed E-state index contributed by atoms with van der Waals surface area (Å²) in [4.78, 5) is 1.57. The van der Waals surface area contributed by atoms with Gasteiger partial charge in [-0.25, -0.2) is 0 Å². The molecule has 1 aromatic heterocycles. The van der Waals surface area contributed by atoms with Gasteiger partial charge in [0.05, 0.1) is 7.05 Å². The maximum atomic E-state index is 9.97. The molecular formula is CH5N4O3-. The van der Waals surface area contributed by atoms with Crippen molar-refractivity contribution in [1.29, 1.82) is 0 Å². The highest BCUT2D eigenvalue weighted by Gasteiger charge is 1.80. The van der Waals surface area contributed by atoms with Crippen LogP contribution in [0.1, 0.15) is 0 Å². The first-order valence-corrected chi connectivity index (χ1v) is 1.82.